The molecule has 22 heavy (non-hydrogen) atoms. The topological polar surface area (TPSA) is 63.4 Å². The Morgan fingerprint density at radius 2 is 1.86 bits per heavy atom. The van der Waals surface area contributed by atoms with Gasteiger partial charge < -0.3 is 5.73 Å². The van der Waals surface area contributed by atoms with Gasteiger partial charge in [-0.2, -0.15) is 17.5 Å². The maximum atomic E-state index is 12.6. The molecule has 1 aliphatic rings. The third-order valence-electron chi connectivity index (χ3n) is 3.78. The summed E-state index contributed by atoms with van der Waals surface area (Å²) in [5.74, 6) is 0.273. The minimum Gasteiger partial charge on any atom is -0.330 e. The van der Waals surface area contributed by atoms with Gasteiger partial charge in [0.05, 0.1) is 10.6 Å². The summed E-state index contributed by atoms with van der Waals surface area (Å²) in [6.07, 6.45) is -3.30. The molecular weight excluding hydrogens is 341 g/mol. The minimum atomic E-state index is -4.56. The summed E-state index contributed by atoms with van der Waals surface area (Å²) >= 11 is 5.77. The summed E-state index contributed by atoms with van der Waals surface area (Å²) in [4.78, 5) is -0.298. The van der Waals surface area contributed by atoms with Gasteiger partial charge in [-0.3, -0.25) is 0 Å². The summed E-state index contributed by atoms with van der Waals surface area (Å²) in [5.41, 5.74) is 4.58. The molecule has 1 aromatic carbocycles. The van der Waals surface area contributed by atoms with Gasteiger partial charge in [0.2, 0.25) is 10.0 Å². The van der Waals surface area contributed by atoms with Crippen LogP contribution in [0, 0.1) is 5.92 Å². The first kappa shape index (κ1) is 17.5. The van der Waals surface area contributed by atoms with E-state index in [2.05, 4.69) is 0 Å². The van der Waals surface area contributed by atoms with Crippen molar-refractivity contribution >= 4 is 21.6 Å². The number of hydrogen-bond acceptors (Lipinski definition) is 3. The normalized spacial score (nSPS) is 18.6. The van der Waals surface area contributed by atoms with Crippen LogP contribution in [0.4, 0.5) is 13.2 Å². The van der Waals surface area contributed by atoms with Crippen LogP contribution in [0.15, 0.2) is 23.1 Å². The number of piperidine rings is 1. The second-order valence-corrected chi connectivity index (χ2v) is 7.54. The Labute approximate surface area is 132 Å². The van der Waals surface area contributed by atoms with E-state index < -0.39 is 26.8 Å². The van der Waals surface area contributed by atoms with E-state index in [1.165, 1.54) is 4.31 Å². The molecule has 0 radical (unpaired) electrons. The van der Waals surface area contributed by atoms with Gasteiger partial charge in [0.15, 0.2) is 0 Å². The number of halogens is 4. The quantitative estimate of drug-likeness (QED) is 0.905. The van der Waals surface area contributed by atoms with Crippen LogP contribution in [0.2, 0.25) is 5.02 Å². The molecule has 1 fully saturated rings. The first-order chi connectivity index (χ1) is 10.2. The smallest absolute Gasteiger partial charge is 0.330 e. The lowest BCUT2D eigenvalue weighted by atomic mass is 9.99. The number of nitrogens with two attached hydrogens (primary N) is 1. The van der Waals surface area contributed by atoms with Gasteiger partial charge in [-0.05, 0) is 43.5 Å². The van der Waals surface area contributed by atoms with E-state index in [-0.39, 0.29) is 10.8 Å². The molecule has 1 aliphatic heterocycles. The summed E-state index contributed by atoms with van der Waals surface area (Å²) < 4.78 is 64.0. The molecule has 2 rings (SSSR count). The van der Waals surface area contributed by atoms with Gasteiger partial charge >= 0.3 is 6.18 Å². The highest BCUT2D eigenvalue weighted by Gasteiger charge is 2.34. The number of benzene rings is 1. The molecule has 0 spiro atoms. The fourth-order valence-electron chi connectivity index (χ4n) is 2.41. The molecule has 2 N–H and O–H groups in total. The maximum absolute atomic E-state index is 12.6. The Balaban J connectivity index is 2.27. The number of hydrogen-bond donors (Lipinski definition) is 1. The van der Waals surface area contributed by atoms with Crippen molar-refractivity contribution < 1.29 is 21.6 Å². The second-order valence-electron chi connectivity index (χ2n) is 5.23. The molecule has 1 aromatic rings. The largest absolute Gasteiger partial charge is 0.416 e. The molecule has 0 amide bonds. The fourth-order valence-corrected chi connectivity index (χ4v) is 4.40. The van der Waals surface area contributed by atoms with Gasteiger partial charge in [-0.15, -0.1) is 0 Å². The summed E-state index contributed by atoms with van der Waals surface area (Å²) in [5, 5.41) is -0.421. The predicted molar refractivity (Wildman–Crippen MR) is 77.0 cm³/mol. The Hall–Kier alpha value is -0.830. The van der Waals surface area contributed by atoms with Crippen LogP contribution in [0.3, 0.4) is 0 Å². The van der Waals surface area contributed by atoms with Crippen LogP contribution in [-0.4, -0.2) is 32.4 Å². The minimum absolute atomic E-state index is 0.273. The molecule has 0 bridgehead atoms. The van der Waals surface area contributed by atoms with Crippen molar-refractivity contribution in [3.05, 3.63) is 28.8 Å². The molecular formula is C13H16ClF3N2O2S. The Morgan fingerprint density at radius 1 is 1.27 bits per heavy atom. The van der Waals surface area contributed by atoms with Crippen molar-refractivity contribution in [3.8, 4) is 0 Å². The lowest BCUT2D eigenvalue weighted by Gasteiger charge is -2.30. The van der Waals surface area contributed by atoms with Gasteiger partial charge in [-0.25, -0.2) is 8.42 Å². The van der Waals surface area contributed by atoms with Crippen molar-refractivity contribution in [2.75, 3.05) is 19.6 Å². The Morgan fingerprint density at radius 3 is 2.32 bits per heavy atom. The van der Waals surface area contributed by atoms with Crippen LogP contribution in [0.5, 0.6) is 0 Å². The molecule has 1 heterocycles. The first-order valence-electron chi connectivity index (χ1n) is 6.73. The van der Waals surface area contributed by atoms with E-state index >= 15 is 0 Å². The average molecular weight is 357 g/mol. The molecule has 124 valence electrons. The van der Waals surface area contributed by atoms with E-state index in [9.17, 15) is 21.6 Å². The van der Waals surface area contributed by atoms with Crippen molar-refractivity contribution in [3.63, 3.8) is 0 Å². The zero-order valence-corrected chi connectivity index (χ0v) is 13.2. The van der Waals surface area contributed by atoms with Crippen molar-refractivity contribution in [2.45, 2.75) is 23.9 Å². The van der Waals surface area contributed by atoms with Crippen molar-refractivity contribution in [1.82, 2.24) is 4.31 Å². The summed E-state index contributed by atoms with van der Waals surface area (Å²) in [7, 11) is -3.89. The molecule has 4 nitrogen and oxygen atoms in total. The highest BCUT2D eigenvalue weighted by atomic mass is 35.5. The first-order valence-corrected chi connectivity index (χ1v) is 8.55. The predicted octanol–water partition coefficient (Wildman–Crippen LogP) is 2.72. The second kappa shape index (κ2) is 6.35. The third-order valence-corrected chi connectivity index (χ3v) is 6.17. The molecule has 0 unspecified atom stereocenters. The van der Waals surface area contributed by atoms with Crippen LogP contribution < -0.4 is 5.73 Å². The van der Waals surface area contributed by atoms with Gasteiger partial charge in [0.1, 0.15) is 4.90 Å². The fraction of sp³-hybridized carbons (Fsp3) is 0.538. The van der Waals surface area contributed by atoms with E-state index in [1.54, 1.807) is 0 Å². The molecule has 0 atom stereocenters. The van der Waals surface area contributed by atoms with Gasteiger partial charge in [0.25, 0.3) is 0 Å². The maximum Gasteiger partial charge on any atom is 0.416 e. The van der Waals surface area contributed by atoms with E-state index in [1.807, 2.05) is 0 Å². The Bertz CT molecular complexity index is 641. The summed E-state index contributed by atoms with van der Waals surface area (Å²) in [6.45, 7) is 1.08. The zero-order valence-electron chi connectivity index (χ0n) is 11.6. The SMILES string of the molecule is NCC1CCN(S(=O)(=O)c2ccc(C(F)(F)F)cc2Cl)CC1. The lowest BCUT2D eigenvalue weighted by Crippen LogP contribution is -2.40. The van der Waals surface area contributed by atoms with Crippen LogP contribution in [0.25, 0.3) is 0 Å². The van der Waals surface area contributed by atoms with Gasteiger partial charge in [0, 0.05) is 13.1 Å². The Kier molecular flexibility index (Phi) is 5.06. The van der Waals surface area contributed by atoms with Crippen LogP contribution in [-0.2, 0) is 16.2 Å². The molecule has 0 saturated carbocycles. The number of sulfonamides is 1. The van der Waals surface area contributed by atoms with Crippen molar-refractivity contribution in [1.29, 1.82) is 0 Å². The highest BCUT2D eigenvalue weighted by molar-refractivity contribution is 7.89. The van der Waals surface area contributed by atoms with Gasteiger partial charge in [-0.1, -0.05) is 11.6 Å². The number of alkyl halides is 3. The number of rotatable bonds is 3. The molecule has 0 aliphatic carbocycles. The average Bonchev–Trinajstić information content (AvgIpc) is 2.46. The number of nitrogens with zero attached hydrogens (tertiary/aromatic N) is 1. The summed E-state index contributed by atoms with van der Waals surface area (Å²) in [6, 6.07) is 2.28. The highest BCUT2D eigenvalue weighted by Crippen LogP contribution is 2.34. The monoisotopic (exact) mass is 356 g/mol. The van der Waals surface area contributed by atoms with Crippen LogP contribution in [0.1, 0.15) is 18.4 Å². The lowest BCUT2D eigenvalue weighted by molar-refractivity contribution is -0.137. The van der Waals surface area contributed by atoms with E-state index in [0.29, 0.717) is 38.5 Å². The van der Waals surface area contributed by atoms with E-state index in [0.717, 1.165) is 12.1 Å². The van der Waals surface area contributed by atoms with E-state index in [4.69, 9.17) is 17.3 Å². The molecule has 1 saturated heterocycles. The molecule has 0 aromatic heterocycles. The standard InChI is InChI=1S/C13H16ClF3N2O2S/c14-11-7-10(13(15,16)17)1-2-12(11)22(20,21)19-5-3-9(8-18)4-6-19/h1-2,7,9H,3-6,8,18H2. The third kappa shape index (κ3) is 3.56. The van der Waals surface area contributed by atoms with Crippen molar-refractivity contribution in [2.24, 2.45) is 11.7 Å². The van der Waals surface area contributed by atoms with Crippen LogP contribution >= 0.6 is 11.6 Å². The zero-order chi connectivity index (χ0) is 16.5. The molecule has 9 heteroatoms.